The van der Waals surface area contributed by atoms with Crippen molar-refractivity contribution in [3.8, 4) is 0 Å². The topological polar surface area (TPSA) is 102 Å². The zero-order valence-electron chi connectivity index (χ0n) is 17.0. The van der Waals surface area contributed by atoms with Gasteiger partial charge < -0.3 is 19.7 Å². The van der Waals surface area contributed by atoms with E-state index in [1.54, 1.807) is 23.0 Å². The number of carbonyl (C=O) groups is 2. The van der Waals surface area contributed by atoms with E-state index >= 15 is 0 Å². The van der Waals surface area contributed by atoms with Gasteiger partial charge in [-0.2, -0.15) is 0 Å². The summed E-state index contributed by atoms with van der Waals surface area (Å²) in [4.78, 5) is 53.9. The van der Waals surface area contributed by atoms with Crippen LogP contribution in [-0.2, 0) is 9.59 Å². The van der Waals surface area contributed by atoms with Gasteiger partial charge in [-0.15, -0.1) is 0 Å². The van der Waals surface area contributed by atoms with Crippen molar-refractivity contribution in [3.05, 3.63) is 28.3 Å². The fraction of sp³-hybridized carbons (Fsp3) is 0.550. The monoisotopic (exact) mass is 398 g/mol. The van der Waals surface area contributed by atoms with Crippen molar-refractivity contribution in [1.82, 2.24) is 24.8 Å². The SMILES string of the molecule is CN1C[C@H](C(=O)N2CCC(c3cc4nc(N(C)C)ncc4c(=O)[nH]3)CC2)CC1=O. The van der Waals surface area contributed by atoms with Gasteiger partial charge in [0.15, 0.2) is 0 Å². The predicted octanol–water partition coefficient (Wildman–Crippen LogP) is 0.568. The lowest BCUT2D eigenvalue weighted by Gasteiger charge is -2.33. The number of hydrogen-bond donors (Lipinski definition) is 1. The Labute approximate surface area is 168 Å². The highest BCUT2D eigenvalue weighted by Gasteiger charge is 2.36. The maximum absolute atomic E-state index is 12.7. The smallest absolute Gasteiger partial charge is 0.259 e. The summed E-state index contributed by atoms with van der Waals surface area (Å²) < 4.78 is 0. The van der Waals surface area contributed by atoms with Crippen LogP contribution >= 0.6 is 0 Å². The molecule has 29 heavy (non-hydrogen) atoms. The van der Waals surface area contributed by atoms with Gasteiger partial charge in [0.1, 0.15) is 0 Å². The van der Waals surface area contributed by atoms with Crippen molar-refractivity contribution >= 4 is 28.7 Å². The number of nitrogens with zero attached hydrogens (tertiary/aromatic N) is 5. The molecule has 0 saturated carbocycles. The molecule has 154 valence electrons. The number of aromatic amines is 1. The highest BCUT2D eigenvalue weighted by molar-refractivity contribution is 5.89. The number of fused-ring (bicyclic) bond motifs is 1. The van der Waals surface area contributed by atoms with Crippen LogP contribution in [0.2, 0.25) is 0 Å². The minimum atomic E-state index is -0.231. The van der Waals surface area contributed by atoms with Gasteiger partial charge >= 0.3 is 0 Å². The van der Waals surface area contributed by atoms with Crippen molar-refractivity contribution in [2.24, 2.45) is 5.92 Å². The van der Waals surface area contributed by atoms with Gasteiger partial charge in [-0.25, -0.2) is 9.97 Å². The molecule has 9 nitrogen and oxygen atoms in total. The number of rotatable bonds is 3. The van der Waals surface area contributed by atoms with E-state index in [9.17, 15) is 14.4 Å². The molecule has 0 spiro atoms. The molecule has 9 heteroatoms. The van der Waals surface area contributed by atoms with Crippen LogP contribution in [-0.4, -0.2) is 77.3 Å². The summed E-state index contributed by atoms with van der Waals surface area (Å²) in [5.74, 6) is 0.598. The van der Waals surface area contributed by atoms with E-state index in [1.165, 1.54) is 0 Å². The first kappa shape index (κ1) is 19.4. The average Bonchev–Trinajstić information content (AvgIpc) is 3.05. The number of piperidine rings is 1. The summed E-state index contributed by atoms with van der Waals surface area (Å²) in [5.41, 5.74) is 1.30. The van der Waals surface area contributed by atoms with Crippen LogP contribution in [0.4, 0.5) is 5.95 Å². The number of anilines is 1. The number of amides is 2. The van der Waals surface area contributed by atoms with Crippen LogP contribution in [0.1, 0.15) is 30.9 Å². The molecule has 0 aromatic carbocycles. The van der Waals surface area contributed by atoms with Crippen LogP contribution in [0.15, 0.2) is 17.1 Å². The molecular weight excluding hydrogens is 372 g/mol. The molecule has 1 atom stereocenters. The number of likely N-dealkylation sites (tertiary alicyclic amines) is 2. The second-order valence-corrected chi connectivity index (χ2v) is 8.19. The molecule has 2 amide bonds. The molecule has 0 unspecified atom stereocenters. The molecule has 2 aromatic heterocycles. The lowest BCUT2D eigenvalue weighted by Crippen LogP contribution is -2.42. The average molecular weight is 398 g/mol. The Balaban J connectivity index is 1.48. The molecule has 2 aliphatic heterocycles. The third kappa shape index (κ3) is 3.68. The Bertz CT molecular complexity index is 1010. The van der Waals surface area contributed by atoms with Crippen LogP contribution in [0.25, 0.3) is 10.9 Å². The van der Waals surface area contributed by atoms with E-state index < -0.39 is 0 Å². The van der Waals surface area contributed by atoms with E-state index in [0.29, 0.717) is 42.9 Å². The fourth-order valence-corrected chi connectivity index (χ4v) is 4.19. The third-order valence-corrected chi connectivity index (χ3v) is 5.94. The van der Waals surface area contributed by atoms with Crippen molar-refractivity contribution in [1.29, 1.82) is 0 Å². The lowest BCUT2D eigenvalue weighted by molar-refractivity contribution is -0.136. The Morgan fingerprint density at radius 3 is 2.59 bits per heavy atom. The van der Waals surface area contributed by atoms with E-state index in [-0.39, 0.29) is 29.2 Å². The minimum absolute atomic E-state index is 0.0334. The first-order valence-electron chi connectivity index (χ1n) is 9.93. The van der Waals surface area contributed by atoms with Crippen molar-refractivity contribution < 1.29 is 9.59 Å². The maximum atomic E-state index is 12.7. The van der Waals surface area contributed by atoms with Gasteiger partial charge in [0.05, 0.1) is 16.8 Å². The van der Waals surface area contributed by atoms with Gasteiger partial charge in [-0.05, 0) is 18.9 Å². The van der Waals surface area contributed by atoms with Gasteiger partial charge in [0.25, 0.3) is 5.56 Å². The molecule has 2 saturated heterocycles. The second kappa shape index (κ2) is 7.46. The third-order valence-electron chi connectivity index (χ3n) is 5.94. The molecule has 1 N–H and O–H groups in total. The summed E-state index contributed by atoms with van der Waals surface area (Å²) in [7, 11) is 5.46. The number of carbonyl (C=O) groups excluding carboxylic acids is 2. The van der Waals surface area contributed by atoms with Crippen molar-refractivity contribution in [3.63, 3.8) is 0 Å². The first-order chi connectivity index (χ1) is 13.8. The number of nitrogens with one attached hydrogen (secondary N) is 1. The Morgan fingerprint density at radius 1 is 1.24 bits per heavy atom. The normalized spacial score (nSPS) is 20.5. The number of pyridine rings is 1. The summed E-state index contributed by atoms with van der Waals surface area (Å²) >= 11 is 0. The highest BCUT2D eigenvalue weighted by Crippen LogP contribution is 2.29. The Hall–Kier alpha value is -2.97. The maximum Gasteiger partial charge on any atom is 0.259 e. The Kier molecular flexibility index (Phi) is 4.97. The van der Waals surface area contributed by atoms with Crippen LogP contribution in [0.3, 0.4) is 0 Å². The molecule has 0 radical (unpaired) electrons. The highest BCUT2D eigenvalue weighted by atomic mass is 16.2. The number of aromatic nitrogens is 3. The molecule has 2 fully saturated rings. The van der Waals surface area contributed by atoms with E-state index in [4.69, 9.17) is 0 Å². The zero-order chi connectivity index (χ0) is 20.7. The van der Waals surface area contributed by atoms with Crippen LogP contribution in [0, 0.1) is 5.92 Å². The molecule has 2 aliphatic rings. The summed E-state index contributed by atoms with van der Waals surface area (Å²) in [6.45, 7) is 1.76. The second-order valence-electron chi connectivity index (χ2n) is 8.19. The van der Waals surface area contributed by atoms with Crippen molar-refractivity contribution in [2.45, 2.75) is 25.2 Å². The number of H-pyrrole nitrogens is 1. The molecule has 4 heterocycles. The molecule has 2 aromatic rings. The van der Waals surface area contributed by atoms with Gasteiger partial charge in [0.2, 0.25) is 17.8 Å². The van der Waals surface area contributed by atoms with E-state index in [1.807, 2.05) is 25.1 Å². The van der Waals surface area contributed by atoms with Gasteiger partial charge in [0, 0.05) is 65.0 Å². The molecule has 0 aliphatic carbocycles. The van der Waals surface area contributed by atoms with Crippen LogP contribution < -0.4 is 10.5 Å². The van der Waals surface area contributed by atoms with Crippen LogP contribution in [0.5, 0.6) is 0 Å². The molecule has 4 rings (SSSR count). The van der Waals surface area contributed by atoms with Gasteiger partial charge in [-0.1, -0.05) is 0 Å². The summed E-state index contributed by atoms with van der Waals surface area (Å²) in [6.07, 6.45) is 3.41. The van der Waals surface area contributed by atoms with Crippen molar-refractivity contribution in [2.75, 3.05) is 45.7 Å². The number of hydrogen-bond acceptors (Lipinski definition) is 6. The first-order valence-corrected chi connectivity index (χ1v) is 9.93. The molecular formula is C20H26N6O3. The quantitative estimate of drug-likeness (QED) is 0.811. The molecule has 0 bridgehead atoms. The lowest BCUT2D eigenvalue weighted by atomic mass is 9.92. The summed E-state index contributed by atoms with van der Waals surface area (Å²) in [5, 5.41) is 0.474. The zero-order valence-corrected chi connectivity index (χ0v) is 17.0. The van der Waals surface area contributed by atoms with E-state index in [0.717, 1.165) is 18.5 Å². The fourth-order valence-electron chi connectivity index (χ4n) is 4.19. The minimum Gasteiger partial charge on any atom is -0.347 e. The largest absolute Gasteiger partial charge is 0.347 e. The summed E-state index contributed by atoms with van der Waals surface area (Å²) in [6, 6.07) is 1.93. The standard InChI is InChI=1S/C20H26N6O3/c1-24(2)20-21-10-14-16(23-20)9-15(22-18(14)28)12-4-6-26(7-5-12)19(29)13-8-17(27)25(3)11-13/h9-10,12-13H,4-8,11H2,1-3H3,(H,22,28)/t13-/m1/s1. The predicted molar refractivity (Wildman–Crippen MR) is 109 cm³/mol. The van der Waals surface area contributed by atoms with E-state index in [2.05, 4.69) is 15.0 Å². The van der Waals surface area contributed by atoms with Gasteiger partial charge in [-0.3, -0.25) is 14.4 Å². The Morgan fingerprint density at radius 2 is 1.97 bits per heavy atom.